The van der Waals surface area contributed by atoms with Crippen LogP contribution in [0.2, 0.25) is 0 Å². The molecule has 0 spiro atoms. The number of hydrogen-bond acceptors (Lipinski definition) is 11. The zero-order valence-corrected chi connectivity index (χ0v) is 35.5. The maximum absolute atomic E-state index is 2.04. The molecule has 0 fully saturated rings. The van der Waals surface area contributed by atoms with E-state index in [9.17, 15) is 0 Å². The molecule has 0 aliphatic rings. The lowest BCUT2D eigenvalue weighted by atomic mass is 11.9. The second kappa shape index (κ2) is 447. The van der Waals surface area contributed by atoms with Gasteiger partial charge in [-0.15, -0.1) is 0 Å². The normalized spacial score (nSPS) is 4.50. The number of thioether (sulfide) groups is 11. The topological polar surface area (TPSA) is 0 Å². The Morgan fingerprint density at radius 1 is 0.114 bits per heavy atom. The molecule has 0 amide bonds. The molecular weight excluding hydrogens is 749 g/mol. The Labute approximate surface area is 345 Å². The molecule has 0 rings (SSSR count). The second-order valence-electron chi connectivity index (χ2n) is 4.49. The quantitative estimate of drug-likeness (QED) is 0.229. The van der Waals surface area contributed by atoms with Gasteiger partial charge in [-0.3, -0.25) is 0 Å². The van der Waals surface area contributed by atoms with Gasteiger partial charge in [0.25, 0.3) is 0 Å². The van der Waals surface area contributed by atoms with E-state index in [0.717, 1.165) is 0 Å². The van der Waals surface area contributed by atoms with Crippen molar-refractivity contribution in [2.24, 2.45) is 0 Å². The van der Waals surface area contributed by atoms with Gasteiger partial charge in [0.15, 0.2) is 0 Å². The molecule has 0 heterocycles. The SMILES string of the molecule is C.C.C.C.C.C.C.C.C.C.C.CSC.CSC.CSC.CSC.CSC.CSC.CSC.CSC.CSC.CSC.CSC. The third kappa shape index (κ3) is 6220. The summed E-state index contributed by atoms with van der Waals surface area (Å²) in [6.07, 6.45) is 44.9. The van der Waals surface area contributed by atoms with Crippen molar-refractivity contribution >= 4 is 129 Å². The fraction of sp³-hybridized carbons (Fsp3) is 1.00. The van der Waals surface area contributed by atoms with Crippen LogP contribution < -0.4 is 0 Å². The molecule has 11 heteroatoms. The predicted molar refractivity (Wildman–Crippen MR) is 288 cm³/mol. The van der Waals surface area contributed by atoms with Crippen molar-refractivity contribution in [2.45, 2.75) is 81.7 Å². The van der Waals surface area contributed by atoms with Crippen molar-refractivity contribution < 1.29 is 0 Å². The van der Waals surface area contributed by atoms with Crippen molar-refractivity contribution in [3.63, 3.8) is 0 Å². The average Bonchev–Trinajstić information content (AvgIpc) is 2.68. The zero-order chi connectivity index (χ0) is 29.8. The van der Waals surface area contributed by atoms with Gasteiger partial charge in [0.05, 0.1) is 0 Å². The molecule has 44 heavy (non-hydrogen) atoms. The number of hydrogen-bond donors (Lipinski definition) is 0. The Bertz CT molecular complexity index is 73.7. The first-order valence-electron chi connectivity index (χ1n) is 8.98. The van der Waals surface area contributed by atoms with Crippen molar-refractivity contribution in [1.82, 2.24) is 0 Å². The highest BCUT2D eigenvalue weighted by molar-refractivity contribution is 7.99. The first-order valence-corrected chi connectivity index (χ1v) is 26.9. The van der Waals surface area contributed by atoms with Gasteiger partial charge in [0.1, 0.15) is 0 Å². The summed E-state index contributed by atoms with van der Waals surface area (Å²) >= 11 is 19.2. The minimum Gasteiger partial charge on any atom is -0.169 e. The fourth-order valence-electron chi connectivity index (χ4n) is 0. The minimum absolute atomic E-state index is 0. The van der Waals surface area contributed by atoms with E-state index in [4.69, 9.17) is 0 Å². The van der Waals surface area contributed by atoms with Crippen LogP contribution in [0.4, 0.5) is 0 Å². The summed E-state index contributed by atoms with van der Waals surface area (Å²) in [4.78, 5) is 0. The van der Waals surface area contributed by atoms with Gasteiger partial charge < -0.3 is 0 Å². The van der Waals surface area contributed by atoms with Crippen molar-refractivity contribution in [3.05, 3.63) is 0 Å². The van der Waals surface area contributed by atoms with Crippen LogP contribution in [0.5, 0.6) is 0 Å². The molecule has 0 aromatic heterocycles. The third-order valence-electron chi connectivity index (χ3n) is 0. The fourth-order valence-corrected chi connectivity index (χ4v) is 0. The summed E-state index contributed by atoms with van der Waals surface area (Å²) < 4.78 is 0. The number of rotatable bonds is 0. The first-order chi connectivity index (χ1) is 15.6. The average molecular weight is 860 g/mol. The molecule has 0 radical (unpaired) electrons. The van der Waals surface area contributed by atoms with Crippen LogP contribution in [0.1, 0.15) is 81.7 Å². The van der Waals surface area contributed by atoms with Crippen LogP contribution >= 0.6 is 129 Å². The van der Waals surface area contributed by atoms with Gasteiger partial charge in [0, 0.05) is 0 Å². The van der Waals surface area contributed by atoms with E-state index in [-0.39, 0.29) is 81.7 Å². The maximum atomic E-state index is 2.04. The van der Waals surface area contributed by atoms with E-state index < -0.39 is 0 Å². The van der Waals surface area contributed by atoms with Crippen molar-refractivity contribution in [1.29, 1.82) is 0 Å². The van der Waals surface area contributed by atoms with Gasteiger partial charge in [-0.05, 0) is 138 Å². The molecule has 0 N–H and O–H groups in total. The van der Waals surface area contributed by atoms with Gasteiger partial charge >= 0.3 is 0 Å². The third-order valence-corrected chi connectivity index (χ3v) is 0. The lowest BCUT2D eigenvalue weighted by molar-refractivity contribution is 2.37. The van der Waals surface area contributed by atoms with Gasteiger partial charge in [-0.2, -0.15) is 129 Å². The summed E-state index contributed by atoms with van der Waals surface area (Å²) in [6, 6.07) is 0. The summed E-state index contributed by atoms with van der Waals surface area (Å²) in [5.74, 6) is 0. The van der Waals surface area contributed by atoms with Crippen LogP contribution in [-0.2, 0) is 0 Å². The molecule has 0 atom stereocenters. The Hall–Kier alpha value is 3.85. The second-order valence-corrected chi connectivity index (χ2v) is 13.5. The molecule has 0 bridgehead atoms. The molecule has 0 unspecified atom stereocenters. The molecule has 0 aromatic carbocycles. The highest BCUT2D eigenvalue weighted by atomic mass is 32.2. The Kier molecular flexibility index (Phi) is 1600. The zero-order valence-electron chi connectivity index (χ0n) is 26.5. The van der Waals surface area contributed by atoms with Crippen LogP contribution in [0, 0.1) is 0 Å². The minimum atomic E-state index is 0. The lowest BCUT2D eigenvalue weighted by Crippen LogP contribution is -1.25. The van der Waals surface area contributed by atoms with Crippen LogP contribution in [0.3, 0.4) is 0 Å². The van der Waals surface area contributed by atoms with Crippen molar-refractivity contribution in [2.75, 3.05) is 138 Å². The highest BCUT2D eigenvalue weighted by Crippen LogP contribution is 1.73. The summed E-state index contributed by atoms with van der Waals surface area (Å²) in [5, 5.41) is 0. The van der Waals surface area contributed by atoms with Gasteiger partial charge in [-0.1, -0.05) is 81.7 Å². The molecule has 0 saturated heterocycles. The Balaban J connectivity index is -0.00000000590. The Morgan fingerprint density at radius 3 is 0.114 bits per heavy atom. The lowest BCUT2D eigenvalue weighted by Gasteiger charge is -1.51. The molecule has 0 aromatic rings. The molecule has 0 saturated carbocycles. The molecule has 0 aliphatic heterocycles. The largest absolute Gasteiger partial charge is 0.169 e. The first kappa shape index (κ1) is 157. The van der Waals surface area contributed by atoms with Crippen LogP contribution in [-0.4, -0.2) is 138 Å². The van der Waals surface area contributed by atoms with Gasteiger partial charge in [0.2, 0.25) is 0 Å². The molecule has 0 nitrogen and oxygen atoms in total. The standard InChI is InChI=1S/11C2H6S.11CH4/c11*1-3-2;;;;;;;;;;;/h11*1-2H3;11*1H4. The smallest absolute Gasteiger partial charge is 0.0187 e. The molecule has 0 aliphatic carbocycles. The van der Waals surface area contributed by atoms with Crippen LogP contribution in [0.25, 0.3) is 0 Å². The Morgan fingerprint density at radius 2 is 0.114 bits per heavy atom. The summed E-state index contributed by atoms with van der Waals surface area (Å²) in [6.45, 7) is 0. The van der Waals surface area contributed by atoms with E-state index in [2.05, 4.69) is 0 Å². The van der Waals surface area contributed by atoms with Crippen molar-refractivity contribution in [3.8, 4) is 0 Å². The highest BCUT2D eigenvalue weighted by Gasteiger charge is 1.35. The van der Waals surface area contributed by atoms with E-state index in [1.54, 1.807) is 129 Å². The summed E-state index contributed by atoms with van der Waals surface area (Å²) in [5.41, 5.74) is 0. The van der Waals surface area contributed by atoms with Crippen LogP contribution in [0.15, 0.2) is 0 Å². The maximum Gasteiger partial charge on any atom is -0.0187 e. The van der Waals surface area contributed by atoms with Gasteiger partial charge in [-0.25, -0.2) is 0 Å². The molecule has 308 valence electrons. The predicted octanol–water partition coefficient (Wildman–Crippen LogP) is 17.8. The van der Waals surface area contributed by atoms with E-state index in [1.165, 1.54) is 0 Å². The van der Waals surface area contributed by atoms with E-state index >= 15 is 0 Å². The van der Waals surface area contributed by atoms with E-state index in [1.807, 2.05) is 138 Å². The summed E-state index contributed by atoms with van der Waals surface area (Å²) in [7, 11) is 0. The molecular formula is C33H110S11. The monoisotopic (exact) mass is 859 g/mol. The van der Waals surface area contributed by atoms with E-state index in [0.29, 0.717) is 0 Å².